The van der Waals surface area contributed by atoms with Crippen molar-refractivity contribution in [3.8, 4) is 5.88 Å². The first-order valence-electron chi connectivity index (χ1n) is 7.45. The summed E-state index contributed by atoms with van der Waals surface area (Å²) in [5.74, 6) is -1.66. The van der Waals surface area contributed by atoms with Crippen LogP contribution in [0.15, 0.2) is 18.3 Å². The van der Waals surface area contributed by atoms with E-state index in [9.17, 15) is 14.3 Å². The molecule has 0 saturated carbocycles. The van der Waals surface area contributed by atoms with Crippen molar-refractivity contribution in [1.82, 2.24) is 14.8 Å². The largest absolute Gasteiger partial charge is 0.481 e. The topological polar surface area (TPSA) is 98.5 Å². The highest BCUT2D eigenvalue weighted by Gasteiger charge is 2.22. The molecule has 9 heteroatoms. The Morgan fingerprint density at radius 3 is 3.04 bits per heavy atom. The molecule has 1 unspecified atom stereocenters. The molecule has 3 heterocycles. The summed E-state index contributed by atoms with van der Waals surface area (Å²) in [6.45, 7) is 1.18. The minimum absolute atomic E-state index is 0.00300. The fraction of sp³-hybridized carbons (Fsp3) is 0.400. The number of carboxylic acid groups (broad SMARTS) is 1. The van der Waals surface area contributed by atoms with Gasteiger partial charge in [0, 0.05) is 30.6 Å². The van der Waals surface area contributed by atoms with Crippen LogP contribution >= 0.6 is 0 Å². The minimum atomic E-state index is -1.12. The van der Waals surface area contributed by atoms with Crippen LogP contribution in [-0.2, 0) is 4.74 Å². The van der Waals surface area contributed by atoms with Gasteiger partial charge in [0.1, 0.15) is 5.56 Å². The highest BCUT2D eigenvalue weighted by molar-refractivity contribution is 5.93. The third-order valence-electron chi connectivity index (χ3n) is 3.72. The van der Waals surface area contributed by atoms with E-state index in [-0.39, 0.29) is 23.3 Å². The van der Waals surface area contributed by atoms with Gasteiger partial charge < -0.3 is 19.9 Å². The summed E-state index contributed by atoms with van der Waals surface area (Å²) in [5, 5.41) is 16.5. The van der Waals surface area contributed by atoms with E-state index in [2.05, 4.69) is 15.4 Å². The number of ether oxygens (including phenoxy) is 2. The number of anilines is 2. The Balaban J connectivity index is 1.90. The van der Waals surface area contributed by atoms with Gasteiger partial charge in [-0.25, -0.2) is 4.79 Å². The van der Waals surface area contributed by atoms with Crippen LogP contribution in [0.3, 0.4) is 0 Å². The van der Waals surface area contributed by atoms with E-state index in [1.807, 2.05) is 0 Å². The molecular weight excluding hydrogens is 319 g/mol. The first-order chi connectivity index (χ1) is 11.6. The number of methoxy groups -OCH3 is 1. The molecule has 8 nitrogen and oxygen atoms in total. The summed E-state index contributed by atoms with van der Waals surface area (Å²) >= 11 is 0. The van der Waals surface area contributed by atoms with Crippen molar-refractivity contribution in [1.29, 1.82) is 0 Å². The number of pyridine rings is 1. The number of carboxylic acids is 1. The molecule has 128 valence electrons. The molecule has 1 atom stereocenters. The van der Waals surface area contributed by atoms with Gasteiger partial charge in [-0.2, -0.15) is 14.5 Å². The van der Waals surface area contributed by atoms with Gasteiger partial charge in [-0.3, -0.25) is 4.68 Å². The molecule has 0 radical (unpaired) electrons. The third kappa shape index (κ3) is 3.46. The maximum absolute atomic E-state index is 13.5. The molecule has 0 spiro atoms. The Hall–Kier alpha value is -2.68. The maximum atomic E-state index is 13.5. The van der Waals surface area contributed by atoms with Gasteiger partial charge in [-0.05, 0) is 12.8 Å². The molecule has 3 rings (SSSR count). The zero-order valence-electron chi connectivity index (χ0n) is 13.0. The van der Waals surface area contributed by atoms with Crippen molar-refractivity contribution in [3.05, 3.63) is 29.8 Å². The zero-order chi connectivity index (χ0) is 17.1. The van der Waals surface area contributed by atoms with Crippen molar-refractivity contribution in [2.24, 2.45) is 0 Å². The van der Waals surface area contributed by atoms with Crippen LogP contribution in [0.5, 0.6) is 5.88 Å². The van der Waals surface area contributed by atoms with Gasteiger partial charge >= 0.3 is 5.97 Å². The van der Waals surface area contributed by atoms with Crippen LogP contribution in [0.25, 0.3) is 0 Å². The Morgan fingerprint density at radius 1 is 1.54 bits per heavy atom. The second-order valence-electron chi connectivity index (χ2n) is 5.39. The molecule has 1 aliphatic rings. The quantitative estimate of drug-likeness (QED) is 0.808. The monoisotopic (exact) mass is 336 g/mol. The highest BCUT2D eigenvalue weighted by Crippen LogP contribution is 2.26. The van der Waals surface area contributed by atoms with Crippen LogP contribution in [-0.4, -0.2) is 46.2 Å². The molecule has 2 aromatic rings. The molecule has 2 N–H and O–H groups in total. The fourth-order valence-corrected chi connectivity index (χ4v) is 2.55. The van der Waals surface area contributed by atoms with E-state index in [0.29, 0.717) is 18.9 Å². The van der Waals surface area contributed by atoms with Gasteiger partial charge in [0.15, 0.2) is 5.82 Å². The van der Waals surface area contributed by atoms with Crippen molar-refractivity contribution in [2.45, 2.75) is 18.9 Å². The Bertz CT molecular complexity index is 743. The molecule has 0 aliphatic carbocycles. The van der Waals surface area contributed by atoms with E-state index in [0.717, 1.165) is 18.9 Å². The third-order valence-corrected chi connectivity index (χ3v) is 3.72. The zero-order valence-corrected chi connectivity index (χ0v) is 13.0. The number of nitrogens with zero attached hydrogens (tertiary/aromatic N) is 3. The van der Waals surface area contributed by atoms with Crippen LogP contribution in [0.1, 0.15) is 29.2 Å². The number of aromatic nitrogens is 3. The summed E-state index contributed by atoms with van der Waals surface area (Å²) in [7, 11) is 1.37. The minimum Gasteiger partial charge on any atom is -0.481 e. The number of carbonyl (C=O) groups is 1. The Labute approximate surface area is 137 Å². The summed E-state index contributed by atoms with van der Waals surface area (Å²) in [5.41, 5.74) is 0.295. The molecule has 0 bridgehead atoms. The van der Waals surface area contributed by atoms with Crippen molar-refractivity contribution < 1.29 is 23.8 Å². The van der Waals surface area contributed by atoms with E-state index in [1.165, 1.54) is 19.4 Å². The van der Waals surface area contributed by atoms with E-state index in [4.69, 9.17) is 9.47 Å². The molecule has 0 amide bonds. The van der Waals surface area contributed by atoms with Crippen LogP contribution in [0, 0.1) is 5.95 Å². The molecule has 0 aromatic carbocycles. The highest BCUT2D eigenvalue weighted by atomic mass is 19.1. The lowest BCUT2D eigenvalue weighted by Crippen LogP contribution is -2.21. The van der Waals surface area contributed by atoms with Crippen molar-refractivity contribution >= 4 is 17.5 Å². The first-order valence-corrected chi connectivity index (χ1v) is 7.45. The average molecular weight is 336 g/mol. The normalized spacial score (nSPS) is 17.5. The lowest BCUT2D eigenvalue weighted by Gasteiger charge is -2.22. The van der Waals surface area contributed by atoms with E-state index in [1.54, 1.807) is 4.68 Å². The summed E-state index contributed by atoms with van der Waals surface area (Å²) in [6, 6.07) is 2.57. The van der Waals surface area contributed by atoms with Crippen molar-refractivity contribution in [3.63, 3.8) is 0 Å². The fourth-order valence-electron chi connectivity index (χ4n) is 2.55. The number of nitrogens with one attached hydrogen (secondary N) is 1. The smallest absolute Gasteiger partial charge is 0.341 e. The molecule has 24 heavy (non-hydrogen) atoms. The predicted octanol–water partition coefficient (Wildman–Crippen LogP) is 2.22. The molecule has 1 saturated heterocycles. The Kier molecular flexibility index (Phi) is 4.61. The SMILES string of the molecule is COc1cc(Nc2nn(C3CCCOC3)cc2C(=O)O)cc(F)n1. The van der Waals surface area contributed by atoms with E-state index < -0.39 is 11.9 Å². The van der Waals surface area contributed by atoms with Crippen LogP contribution in [0.4, 0.5) is 15.9 Å². The molecule has 2 aromatic heterocycles. The van der Waals surface area contributed by atoms with E-state index >= 15 is 0 Å². The molecule has 1 aliphatic heterocycles. The number of hydrogen-bond donors (Lipinski definition) is 2. The number of rotatable bonds is 5. The second kappa shape index (κ2) is 6.83. The Morgan fingerprint density at radius 2 is 2.38 bits per heavy atom. The molecule has 1 fully saturated rings. The number of halogens is 1. The predicted molar refractivity (Wildman–Crippen MR) is 82.3 cm³/mol. The second-order valence-corrected chi connectivity index (χ2v) is 5.39. The lowest BCUT2D eigenvalue weighted by molar-refractivity contribution is 0.0548. The standard InChI is InChI=1S/C15H17FN4O4/c1-23-13-6-9(5-12(16)18-13)17-14-11(15(21)22)7-20(19-14)10-3-2-4-24-8-10/h5-7,10H,2-4,8H2,1H3,(H,21,22)(H,17,18,19). The molecular formula is C15H17FN4O4. The van der Waals surface area contributed by atoms with Gasteiger partial charge in [0.05, 0.1) is 19.8 Å². The van der Waals surface area contributed by atoms with Crippen LogP contribution in [0.2, 0.25) is 0 Å². The van der Waals surface area contributed by atoms with Gasteiger partial charge in [-0.15, -0.1) is 0 Å². The number of hydrogen-bond acceptors (Lipinski definition) is 6. The van der Waals surface area contributed by atoms with Gasteiger partial charge in [0.2, 0.25) is 11.8 Å². The maximum Gasteiger partial charge on any atom is 0.341 e. The van der Waals surface area contributed by atoms with Gasteiger partial charge in [-0.1, -0.05) is 0 Å². The average Bonchev–Trinajstić information content (AvgIpc) is 2.99. The van der Waals surface area contributed by atoms with Crippen molar-refractivity contribution in [2.75, 3.05) is 25.6 Å². The summed E-state index contributed by atoms with van der Waals surface area (Å²) < 4.78 is 25.4. The van der Waals surface area contributed by atoms with Gasteiger partial charge in [0.25, 0.3) is 0 Å². The number of aromatic carboxylic acids is 1. The summed E-state index contributed by atoms with van der Waals surface area (Å²) in [4.78, 5) is 15.0. The lowest BCUT2D eigenvalue weighted by atomic mass is 10.1. The van der Waals surface area contributed by atoms with Crippen LogP contribution < -0.4 is 10.1 Å². The summed E-state index contributed by atoms with van der Waals surface area (Å²) in [6.07, 6.45) is 3.21. The first kappa shape index (κ1) is 16.2.